The van der Waals surface area contributed by atoms with Gasteiger partial charge in [-0.25, -0.2) is 0 Å². The Morgan fingerprint density at radius 2 is 1.56 bits per heavy atom. The second kappa shape index (κ2) is 10.4. The molecule has 0 aromatic carbocycles. The van der Waals surface area contributed by atoms with Gasteiger partial charge in [-0.1, -0.05) is 65.2 Å². The van der Waals surface area contributed by atoms with E-state index in [-0.39, 0.29) is 0 Å². The van der Waals surface area contributed by atoms with Crippen molar-refractivity contribution in [2.45, 2.75) is 78.1 Å². The molecule has 1 aliphatic heterocycles. The van der Waals surface area contributed by atoms with Gasteiger partial charge < -0.3 is 4.74 Å². The first-order valence-electron chi connectivity index (χ1n) is 8.05. The summed E-state index contributed by atoms with van der Waals surface area (Å²) in [4.78, 5) is 4.53. The third-order valence-corrected chi connectivity index (χ3v) is 3.77. The number of rotatable bonds is 11. The first-order chi connectivity index (χ1) is 8.88. The van der Waals surface area contributed by atoms with Crippen molar-refractivity contribution in [1.29, 1.82) is 0 Å². The number of nitrogens with zero attached hydrogens (tertiary/aromatic N) is 1. The summed E-state index contributed by atoms with van der Waals surface area (Å²) in [6.07, 6.45) is 13.4. The lowest BCUT2D eigenvalue weighted by molar-refractivity contribution is 0.309. The second-order valence-corrected chi connectivity index (χ2v) is 5.46. The molecule has 0 spiro atoms. The summed E-state index contributed by atoms with van der Waals surface area (Å²) in [6, 6.07) is 0. The molecule has 0 aromatic heterocycles. The number of ether oxygens (including phenoxy) is 1. The Hall–Kier alpha value is -0.530. The summed E-state index contributed by atoms with van der Waals surface area (Å²) < 4.78 is 5.68. The molecule has 0 aliphatic carbocycles. The predicted molar refractivity (Wildman–Crippen MR) is 79.3 cm³/mol. The van der Waals surface area contributed by atoms with Gasteiger partial charge in [-0.3, -0.25) is 4.99 Å². The summed E-state index contributed by atoms with van der Waals surface area (Å²) in [6.45, 7) is 6.24. The van der Waals surface area contributed by atoms with Gasteiger partial charge in [-0.15, -0.1) is 0 Å². The minimum atomic E-state index is 0.612. The van der Waals surface area contributed by atoms with Gasteiger partial charge in [0.25, 0.3) is 0 Å². The van der Waals surface area contributed by atoms with Crippen molar-refractivity contribution in [2.75, 3.05) is 13.2 Å². The molecular weight excluding hydrogens is 222 g/mol. The van der Waals surface area contributed by atoms with Crippen molar-refractivity contribution in [2.24, 2.45) is 10.9 Å². The van der Waals surface area contributed by atoms with Crippen LogP contribution in [0, 0.1) is 5.92 Å². The van der Waals surface area contributed by atoms with E-state index in [1.165, 1.54) is 64.2 Å². The molecular formula is C16H31NO. The van der Waals surface area contributed by atoms with Crippen LogP contribution >= 0.6 is 0 Å². The Bertz CT molecular complexity index is 213. The van der Waals surface area contributed by atoms with E-state index in [1.54, 1.807) is 0 Å². The minimum absolute atomic E-state index is 0.612. The van der Waals surface area contributed by atoms with Crippen LogP contribution in [0.3, 0.4) is 0 Å². The maximum absolute atomic E-state index is 5.68. The summed E-state index contributed by atoms with van der Waals surface area (Å²) >= 11 is 0. The highest BCUT2D eigenvalue weighted by atomic mass is 16.5. The summed E-state index contributed by atoms with van der Waals surface area (Å²) in [5, 5.41) is 0. The van der Waals surface area contributed by atoms with Crippen molar-refractivity contribution in [3.05, 3.63) is 0 Å². The zero-order valence-electron chi connectivity index (χ0n) is 12.4. The summed E-state index contributed by atoms with van der Waals surface area (Å²) in [5.41, 5.74) is 0. The SMILES string of the molecule is CCCCCCC(CCCCCC)C1=NCCO1. The number of hydrogen-bond acceptors (Lipinski definition) is 2. The molecule has 0 saturated carbocycles. The normalized spacial score (nSPS) is 14.9. The molecule has 0 atom stereocenters. The first-order valence-corrected chi connectivity index (χ1v) is 8.05. The first kappa shape index (κ1) is 15.5. The van der Waals surface area contributed by atoms with Crippen molar-refractivity contribution in [1.82, 2.24) is 0 Å². The molecule has 106 valence electrons. The molecule has 0 aromatic rings. The van der Waals surface area contributed by atoms with E-state index in [0.29, 0.717) is 5.92 Å². The molecule has 0 unspecified atom stereocenters. The van der Waals surface area contributed by atoms with E-state index in [1.807, 2.05) is 0 Å². The average molecular weight is 253 g/mol. The number of unbranched alkanes of at least 4 members (excludes halogenated alkanes) is 6. The highest BCUT2D eigenvalue weighted by Gasteiger charge is 2.19. The Morgan fingerprint density at radius 3 is 2.00 bits per heavy atom. The summed E-state index contributed by atoms with van der Waals surface area (Å²) in [7, 11) is 0. The number of aliphatic imine (C=N–C) groups is 1. The fraction of sp³-hybridized carbons (Fsp3) is 0.938. The van der Waals surface area contributed by atoms with Crippen molar-refractivity contribution in [3.8, 4) is 0 Å². The molecule has 18 heavy (non-hydrogen) atoms. The zero-order chi connectivity index (χ0) is 13.1. The van der Waals surface area contributed by atoms with E-state index in [2.05, 4.69) is 18.8 Å². The molecule has 1 heterocycles. The molecule has 2 heteroatoms. The standard InChI is InChI=1S/C16H31NO/c1-3-5-7-9-11-15(12-10-8-6-4-2)16-17-13-14-18-16/h15H,3-14H2,1-2H3. The number of hydrogen-bond donors (Lipinski definition) is 0. The lowest BCUT2D eigenvalue weighted by atomic mass is 9.94. The van der Waals surface area contributed by atoms with Crippen LogP contribution in [0.5, 0.6) is 0 Å². The van der Waals surface area contributed by atoms with Crippen LogP contribution in [0.4, 0.5) is 0 Å². The average Bonchev–Trinajstić information content (AvgIpc) is 2.91. The Balaban J connectivity index is 2.23. The second-order valence-electron chi connectivity index (χ2n) is 5.46. The minimum Gasteiger partial charge on any atom is -0.479 e. The lowest BCUT2D eigenvalue weighted by Crippen LogP contribution is -2.15. The molecule has 0 fully saturated rings. The van der Waals surface area contributed by atoms with Crippen LogP contribution in [-0.4, -0.2) is 19.0 Å². The van der Waals surface area contributed by atoms with E-state index in [9.17, 15) is 0 Å². The van der Waals surface area contributed by atoms with Crippen LogP contribution in [0.15, 0.2) is 4.99 Å². The third kappa shape index (κ3) is 6.42. The van der Waals surface area contributed by atoms with Gasteiger partial charge >= 0.3 is 0 Å². The predicted octanol–water partition coefficient (Wildman–Crippen LogP) is 4.97. The molecule has 0 bridgehead atoms. The van der Waals surface area contributed by atoms with Crippen molar-refractivity contribution < 1.29 is 4.74 Å². The summed E-state index contributed by atoms with van der Waals surface area (Å²) in [5.74, 6) is 1.68. The Morgan fingerprint density at radius 1 is 0.944 bits per heavy atom. The van der Waals surface area contributed by atoms with E-state index < -0.39 is 0 Å². The monoisotopic (exact) mass is 253 g/mol. The Kier molecular flexibility index (Phi) is 8.97. The van der Waals surface area contributed by atoms with Gasteiger partial charge in [-0.05, 0) is 12.8 Å². The molecule has 0 radical (unpaired) electrons. The zero-order valence-corrected chi connectivity index (χ0v) is 12.4. The van der Waals surface area contributed by atoms with Gasteiger partial charge in [0.2, 0.25) is 0 Å². The molecule has 1 rings (SSSR count). The molecule has 0 amide bonds. The highest BCUT2D eigenvalue weighted by molar-refractivity contribution is 5.79. The highest BCUT2D eigenvalue weighted by Crippen LogP contribution is 2.22. The largest absolute Gasteiger partial charge is 0.479 e. The van der Waals surface area contributed by atoms with Gasteiger partial charge in [0.05, 0.1) is 6.54 Å². The van der Waals surface area contributed by atoms with Crippen molar-refractivity contribution >= 4 is 5.90 Å². The quantitative estimate of drug-likeness (QED) is 0.476. The van der Waals surface area contributed by atoms with Gasteiger partial charge in [0.15, 0.2) is 5.90 Å². The van der Waals surface area contributed by atoms with E-state index in [4.69, 9.17) is 4.74 Å². The van der Waals surface area contributed by atoms with E-state index >= 15 is 0 Å². The van der Waals surface area contributed by atoms with Crippen LogP contribution in [0.2, 0.25) is 0 Å². The lowest BCUT2D eigenvalue weighted by Gasteiger charge is -2.16. The molecule has 0 saturated heterocycles. The molecule has 2 nitrogen and oxygen atoms in total. The third-order valence-electron chi connectivity index (χ3n) is 3.77. The van der Waals surface area contributed by atoms with Gasteiger partial charge in [0, 0.05) is 5.92 Å². The Labute approximate surface area is 113 Å². The van der Waals surface area contributed by atoms with Gasteiger partial charge in [-0.2, -0.15) is 0 Å². The molecule has 0 N–H and O–H groups in total. The maximum atomic E-state index is 5.68. The van der Waals surface area contributed by atoms with Gasteiger partial charge in [0.1, 0.15) is 6.61 Å². The fourth-order valence-electron chi connectivity index (χ4n) is 2.62. The fourth-order valence-corrected chi connectivity index (χ4v) is 2.62. The van der Waals surface area contributed by atoms with Crippen LogP contribution in [0.25, 0.3) is 0 Å². The smallest absolute Gasteiger partial charge is 0.186 e. The van der Waals surface area contributed by atoms with Crippen LogP contribution < -0.4 is 0 Å². The van der Waals surface area contributed by atoms with Crippen LogP contribution in [0.1, 0.15) is 78.1 Å². The topological polar surface area (TPSA) is 21.6 Å². The van der Waals surface area contributed by atoms with Crippen LogP contribution in [-0.2, 0) is 4.74 Å². The van der Waals surface area contributed by atoms with Crippen molar-refractivity contribution in [3.63, 3.8) is 0 Å². The maximum Gasteiger partial charge on any atom is 0.186 e. The van der Waals surface area contributed by atoms with E-state index in [0.717, 1.165) is 19.0 Å². The molecule has 1 aliphatic rings.